The Morgan fingerprint density at radius 1 is 1.26 bits per heavy atom. The predicted octanol–water partition coefficient (Wildman–Crippen LogP) is 3.43. The maximum Gasteiger partial charge on any atom is 0.343 e. The van der Waals surface area contributed by atoms with Gasteiger partial charge in [-0.2, -0.15) is 0 Å². The highest BCUT2D eigenvalue weighted by atomic mass is 35.5. The van der Waals surface area contributed by atoms with Gasteiger partial charge in [0.15, 0.2) is 5.03 Å². The topological polar surface area (TPSA) is 94.9 Å². The van der Waals surface area contributed by atoms with Gasteiger partial charge in [0.05, 0.1) is 15.0 Å². The number of benzene rings is 1. The van der Waals surface area contributed by atoms with E-state index in [4.69, 9.17) is 28.9 Å². The normalized spacial score (nSPS) is 10.4. The maximum atomic E-state index is 10.9. The second kappa shape index (κ2) is 5.60. The molecule has 19 heavy (non-hydrogen) atoms. The number of hydrogen-bond donors (Lipinski definition) is 1. The number of nitrogens with zero attached hydrogens (tertiary/aromatic N) is 3. The molecule has 1 aromatic heterocycles. The van der Waals surface area contributed by atoms with E-state index in [1.54, 1.807) is 18.2 Å². The summed E-state index contributed by atoms with van der Waals surface area (Å²) in [7, 11) is 0. The van der Waals surface area contributed by atoms with E-state index in [9.17, 15) is 10.1 Å². The van der Waals surface area contributed by atoms with Gasteiger partial charge in [-0.15, -0.1) is 0 Å². The predicted molar refractivity (Wildman–Crippen MR) is 73.7 cm³/mol. The van der Waals surface area contributed by atoms with Crippen molar-refractivity contribution in [2.75, 3.05) is 5.73 Å². The first-order chi connectivity index (χ1) is 8.99. The Kier molecular flexibility index (Phi) is 4.08. The fraction of sp³-hybridized carbons (Fsp3) is 0. The highest BCUT2D eigenvalue weighted by Gasteiger charge is 2.21. The SMILES string of the molecule is Nc1ncnc(Sc2ccc(Cl)c(Cl)c2)c1[N+](=O)[O-]. The maximum absolute atomic E-state index is 10.9. The Labute approximate surface area is 122 Å². The van der Waals surface area contributed by atoms with Crippen molar-refractivity contribution >= 4 is 46.5 Å². The summed E-state index contributed by atoms with van der Waals surface area (Å²) in [5.74, 6) is -0.178. The van der Waals surface area contributed by atoms with Crippen LogP contribution in [0.25, 0.3) is 0 Å². The molecule has 0 aliphatic heterocycles. The molecule has 0 saturated heterocycles. The molecule has 9 heteroatoms. The molecule has 0 fully saturated rings. The summed E-state index contributed by atoms with van der Waals surface area (Å²) in [4.78, 5) is 18.4. The zero-order chi connectivity index (χ0) is 14.0. The Balaban J connectivity index is 2.40. The van der Waals surface area contributed by atoms with Gasteiger partial charge in [-0.3, -0.25) is 10.1 Å². The van der Waals surface area contributed by atoms with Crippen molar-refractivity contribution in [3.63, 3.8) is 0 Å². The first kappa shape index (κ1) is 13.9. The van der Waals surface area contributed by atoms with E-state index in [1.807, 2.05) is 0 Å². The lowest BCUT2D eigenvalue weighted by atomic mass is 10.4. The van der Waals surface area contributed by atoms with Crippen LogP contribution in [-0.2, 0) is 0 Å². The number of halogens is 2. The average Bonchev–Trinajstić information content (AvgIpc) is 2.33. The summed E-state index contributed by atoms with van der Waals surface area (Å²) in [5.41, 5.74) is 5.16. The van der Waals surface area contributed by atoms with Crippen LogP contribution in [0.15, 0.2) is 34.4 Å². The van der Waals surface area contributed by atoms with Crippen LogP contribution in [0.3, 0.4) is 0 Å². The van der Waals surface area contributed by atoms with Gasteiger partial charge in [0, 0.05) is 4.90 Å². The van der Waals surface area contributed by atoms with Gasteiger partial charge >= 0.3 is 5.69 Å². The molecule has 6 nitrogen and oxygen atoms in total. The number of hydrogen-bond acceptors (Lipinski definition) is 6. The molecule has 0 atom stereocenters. The summed E-state index contributed by atoms with van der Waals surface area (Å²) >= 11 is 12.7. The van der Waals surface area contributed by atoms with Crippen molar-refractivity contribution in [3.05, 3.63) is 44.7 Å². The van der Waals surface area contributed by atoms with Gasteiger partial charge in [0.2, 0.25) is 5.82 Å². The number of nitrogens with two attached hydrogens (primary N) is 1. The van der Waals surface area contributed by atoms with E-state index in [1.165, 1.54) is 6.33 Å². The molecule has 0 spiro atoms. The van der Waals surface area contributed by atoms with Gasteiger partial charge in [-0.1, -0.05) is 35.0 Å². The van der Waals surface area contributed by atoms with E-state index in [0.717, 1.165) is 11.8 Å². The molecule has 0 radical (unpaired) electrons. The smallest absolute Gasteiger partial charge is 0.343 e. The van der Waals surface area contributed by atoms with Crippen LogP contribution < -0.4 is 5.73 Å². The quantitative estimate of drug-likeness (QED) is 0.529. The molecular weight excluding hydrogens is 311 g/mol. The summed E-state index contributed by atoms with van der Waals surface area (Å²) < 4.78 is 0. The number of anilines is 1. The van der Waals surface area contributed by atoms with Crippen LogP contribution in [0, 0.1) is 10.1 Å². The molecule has 0 saturated carbocycles. The third kappa shape index (κ3) is 3.06. The van der Waals surface area contributed by atoms with Crippen LogP contribution in [0.5, 0.6) is 0 Å². The summed E-state index contributed by atoms with van der Waals surface area (Å²) in [6, 6.07) is 4.88. The van der Waals surface area contributed by atoms with Crippen molar-refractivity contribution in [1.29, 1.82) is 0 Å². The van der Waals surface area contributed by atoms with Gasteiger partial charge in [-0.25, -0.2) is 9.97 Å². The summed E-state index contributed by atoms with van der Waals surface area (Å²) in [6.45, 7) is 0. The third-order valence-electron chi connectivity index (χ3n) is 2.11. The second-order valence-electron chi connectivity index (χ2n) is 3.35. The Hall–Kier alpha value is -1.57. The summed E-state index contributed by atoms with van der Waals surface area (Å²) in [6.07, 6.45) is 1.17. The van der Waals surface area contributed by atoms with Gasteiger partial charge in [0.1, 0.15) is 6.33 Å². The van der Waals surface area contributed by atoms with Crippen LogP contribution in [0.1, 0.15) is 0 Å². The van der Waals surface area contributed by atoms with Crippen LogP contribution >= 0.6 is 35.0 Å². The molecule has 1 heterocycles. The van der Waals surface area contributed by atoms with E-state index >= 15 is 0 Å². The standard InChI is InChI=1S/C10H6Cl2N4O2S/c11-6-2-1-5(3-7(6)12)19-10-8(16(17)18)9(13)14-4-15-10/h1-4H,(H2,13,14,15). The number of rotatable bonds is 3. The zero-order valence-corrected chi connectivity index (χ0v) is 11.5. The van der Waals surface area contributed by atoms with Crippen LogP contribution in [0.4, 0.5) is 11.5 Å². The van der Waals surface area contributed by atoms with E-state index in [-0.39, 0.29) is 16.5 Å². The molecule has 0 unspecified atom stereocenters. The fourth-order valence-corrected chi connectivity index (χ4v) is 2.55. The summed E-state index contributed by atoms with van der Waals surface area (Å²) in [5, 5.41) is 11.9. The van der Waals surface area contributed by atoms with Crippen molar-refractivity contribution in [2.24, 2.45) is 0 Å². The molecule has 0 aliphatic carbocycles. The van der Waals surface area contributed by atoms with Crippen molar-refractivity contribution in [3.8, 4) is 0 Å². The minimum Gasteiger partial charge on any atom is -0.378 e. The molecule has 0 amide bonds. The van der Waals surface area contributed by atoms with Crippen molar-refractivity contribution in [2.45, 2.75) is 9.92 Å². The third-order valence-corrected chi connectivity index (χ3v) is 3.83. The average molecular weight is 317 g/mol. The molecule has 98 valence electrons. The zero-order valence-electron chi connectivity index (χ0n) is 9.21. The lowest BCUT2D eigenvalue weighted by Gasteiger charge is -2.04. The lowest BCUT2D eigenvalue weighted by molar-refractivity contribution is -0.387. The minimum absolute atomic E-state index is 0.149. The minimum atomic E-state index is -0.616. The molecule has 0 bridgehead atoms. The monoisotopic (exact) mass is 316 g/mol. The molecule has 0 aliphatic rings. The van der Waals surface area contributed by atoms with E-state index in [0.29, 0.717) is 14.9 Å². The van der Waals surface area contributed by atoms with Crippen LogP contribution in [-0.4, -0.2) is 14.9 Å². The Morgan fingerprint density at radius 2 is 2.00 bits per heavy atom. The van der Waals surface area contributed by atoms with Crippen molar-refractivity contribution in [1.82, 2.24) is 9.97 Å². The molecule has 1 aromatic carbocycles. The second-order valence-corrected chi connectivity index (χ2v) is 5.22. The fourth-order valence-electron chi connectivity index (χ4n) is 1.27. The first-order valence-corrected chi connectivity index (χ1v) is 6.44. The van der Waals surface area contributed by atoms with Crippen LogP contribution in [0.2, 0.25) is 10.0 Å². The number of nitro groups is 1. The van der Waals surface area contributed by atoms with Gasteiger partial charge < -0.3 is 5.73 Å². The molecule has 2 aromatic rings. The van der Waals surface area contributed by atoms with Gasteiger partial charge in [-0.05, 0) is 18.2 Å². The van der Waals surface area contributed by atoms with E-state index in [2.05, 4.69) is 9.97 Å². The Morgan fingerprint density at radius 3 is 2.63 bits per heavy atom. The largest absolute Gasteiger partial charge is 0.378 e. The van der Waals surface area contributed by atoms with E-state index < -0.39 is 4.92 Å². The molecular formula is C10H6Cl2N4O2S. The molecule has 2 rings (SSSR count). The first-order valence-electron chi connectivity index (χ1n) is 4.87. The lowest BCUT2D eigenvalue weighted by Crippen LogP contribution is -2.01. The van der Waals surface area contributed by atoms with Gasteiger partial charge in [0.25, 0.3) is 0 Å². The molecule has 2 N–H and O–H groups in total. The van der Waals surface area contributed by atoms with Crippen molar-refractivity contribution < 1.29 is 4.92 Å². The Bertz CT molecular complexity index is 653. The highest BCUT2D eigenvalue weighted by Crippen LogP contribution is 2.37. The highest BCUT2D eigenvalue weighted by molar-refractivity contribution is 7.99. The number of nitrogen functional groups attached to an aromatic ring is 1. The number of aromatic nitrogens is 2.